The van der Waals surface area contributed by atoms with Crippen molar-refractivity contribution in [2.75, 3.05) is 32.8 Å². The molecule has 164 valence electrons. The number of hydrogen-bond acceptors (Lipinski definition) is 7. The van der Waals surface area contributed by atoms with Crippen LogP contribution in [0.15, 0.2) is 41.4 Å². The lowest BCUT2D eigenvalue weighted by molar-refractivity contribution is 0.102. The van der Waals surface area contributed by atoms with E-state index < -0.39 is 21.5 Å². The molecule has 2 aromatic rings. The van der Waals surface area contributed by atoms with Crippen molar-refractivity contribution < 1.29 is 27.4 Å². The van der Waals surface area contributed by atoms with Crippen molar-refractivity contribution in [1.29, 1.82) is 0 Å². The van der Waals surface area contributed by atoms with Crippen LogP contribution in [0.5, 0.6) is 11.6 Å². The summed E-state index contributed by atoms with van der Waals surface area (Å²) in [5.74, 6) is -0.152. The Labute approximate surface area is 176 Å². The predicted molar refractivity (Wildman–Crippen MR) is 113 cm³/mol. The minimum Gasteiger partial charge on any atom is -0.495 e. The fourth-order valence-electron chi connectivity index (χ4n) is 2.50. The van der Waals surface area contributed by atoms with Crippen LogP contribution in [0.4, 0.5) is 5.69 Å². The third kappa shape index (κ3) is 6.41. The molecule has 1 aromatic heterocycles. The molecule has 2 rings (SSSR count). The standard InChI is InChI=1S/C20H27N3O6S/c1-20(2,3)23-30(25,26)17-13-14(8-9-16(17)28-5)18(24)22-15-7-6-10-21-19(15)29-12-11-27-4/h6-10,13,23H,11-12H2,1-5H3,(H,22,24). The van der Waals surface area contributed by atoms with Gasteiger partial charge in [0, 0.05) is 24.4 Å². The molecule has 1 heterocycles. The molecule has 1 aromatic carbocycles. The van der Waals surface area contributed by atoms with Crippen molar-refractivity contribution >= 4 is 21.6 Å². The van der Waals surface area contributed by atoms with E-state index in [1.807, 2.05) is 0 Å². The topological polar surface area (TPSA) is 116 Å². The molecule has 0 spiro atoms. The molecule has 0 fully saturated rings. The Kier molecular flexibility index (Phi) is 7.77. The number of methoxy groups -OCH3 is 2. The highest BCUT2D eigenvalue weighted by Gasteiger charge is 2.26. The average Bonchev–Trinajstić information content (AvgIpc) is 2.67. The van der Waals surface area contributed by atoms with E-state index in [1.54, 1.807) is 40.0 Å². The van der Waals surface area contributed by atoms with Crippen molar-refractivity contribution in [3.05, 3.63) is 42.1 Å². The first-order chi connectivity index (χ1) is 14.1. The number of benzene rings is 1. The molecule has 0 aliphatic carbocycles. The molecule has 0 bridgehead atoms. The first-order valence-electron chi connectivity index (χ1n) is 9.17. The average molecular weight is 438 g/mol. The number of amides is 1. The number of ether oxygens (including phenoxy) is 3. The Morgan fingerprint density at radius 2 is 1.87 bits per heavy atom. The third-order valence-corrected chi connectivity index (χ3v) is 5.48. The van der Waals surface area contributed by atoms with E-state index in [-0.39, 0.29) is 28.7 Å². The number of hydrogen-bond donors (Lipinski definition) is 2. The van der Waals surface area contributed by atoms with Crippen molar-refractivity contribution in [3.63, 3.8) is 0 Å². The summed E-state index contributed by atoms with van der Waals surface area (Å²) in [7, 11) is -1.00. The van der Waals surface area contributed by atoms with Crippen LogP contribution in [-0.2, 0) is 14.8 Å². The number of carbonyl (C=O) groups excluding carboxylic acids is 1. The molecule has 0 saturated carbocycles. The lowest BCUT2D eigenvalue weighted by Crippen LogP contribution is -2.40. The molecule has 0 saturated heterocycles. The second kappa shape index (κ2) is 9.88. The SMILES string of the molecule is COCCOc1ncccc1NC(=O)c1ccc(OC)c(S(=O)(=O)NC(C)(C)C)c1. The van der Waals surface area contributed by atoms with Gasteiger partial charge in [0.05, 0.1) is 13.7 Å². The number of nitrogens with one attached hydrogen (secondary N) is 2. The van der Waals surface area contributed by atoms with Gasteiger partial charge in [-0.2, -0.15) is 0 Å². The number of aromatic nitrogens is 1. The van der Waals surface area contributed by atoms with Crippen LogP contribution >= 0.6 is 0 Å². The van der Waals surface area contributed by atoms with E-state index >= 15 is 0 Å². The fraction of sp³-hybridized carbons (Fsp3) is 0.400. The second-order valence-corrected chi connectivity index (χ2v) is 9.02. The maximum atomic E-state index is 12.8. The summed E-state index contributed by atoms with van der Waals surface area (Å²) in [6.07, 6.45) is 1.54. The number of nitrogens with zero attached hydrogens (tertiary/aromatic N) is 1. The van der Waals surface area contributed by atoms with Gasteiger partial charge < -0.3 is 19.5 Å². The summed E-state index contributed by atoms with van der Waals surface area (Å²) in [4.78, 5) is 16.8. The summed E-state index contributed by atoms with van der Waals surface area (Å²) in [6.45, 7) is 5.80. The Hall–Kier alpha value is -2.69. The quantitative estimate of drug-likeness (QED) is 0.579. The molecule has 10 heteroatoms. The van der Waals surface area contributed by atoms with Crippen LogP contribution in [0.1, 0.15) is 31.1 Å². The van der Waals surface area contributed by atoms with E-state index in [9.17, 15) is 13.2 Å². The van der Waals surface area contributed by atoms with Crippen LogP contribution in [0.25, 0.3) is 0 Å². The van der Waals surface area contributed by atoms with Crippen molar-refractivity contribution in [2.45, 2.75) is 31.2 Å². The molecule has 9 nitrogen and oxygen atoms in total. The molecule has 1 amide bonds. The highest BCUT2D eigenvalue weighted by molar-refractivity contribution is 7.89. The van der Waals surface area contributed by atoms with E-state index in [4.69, 9.17) is 14.2 Å². The molecule has 0 radical (unpaired) electrons. The van der Waals surface area contributed by atoms with Gasteiger partial charge in [0.15, 0.2) is 0 Å². The van der Waals surface area contributed by atoms with Gasteiger partial charge in [-0.1, -0.05) is 0 Å². The highest BCUT2D eigenvalue weighted by atomic mass is 32.2. The van der Waals surface area contributed by atoms with E-state index in [0.717, 1.165) is 0 Å². The molecule has 0 aliphatic heterocycles. The zero-order chi connectivity index (χ0) is 22.4. The van der Waals surface area contributed by atoms with Gasteiger partial charge in [0.1, 0.15) is 22.9 Å². The Balaban J connectivity index is 2.32. The Morgan fingerprint density at radius 1 is 1.13 bits per heavy atom. The number of rotatable bonds is 9. The van der Waals surface area contributed by atoms with Crippen molar-refractivity contribution in [1.82, 2.24) is 9.71 Å². The normalized spacial score (nSPS) is 11.8. The molecular weight excluding hydrogens is 410 g/mol. The van der Waals surface area contributed by atoms with E-state index in [1.165, 1.54) is 31.5 Å². The van der Waals surface area contributed by atoms with Gasteiger partial charge in [0.2, 0.25) is 15.9 Å². The fourth-order valence-corrected chi connectivity index (χ4v) is 4.12. The zero-order valence-corrected chi connectivity index (χ0v) is 18.5. The van der Waals surface area contributed by atoms with Gasteiger partial charge in [-0.05, 0) is 51.1 Å². The Morgan fingerprint density at radius 3 is 2.50 bits per heavy atom. The highest BCUT2D eigenvalue weighted by Crippen LogP contribution is 2.27. The summed E-state index contributed by atoms with van der Waals surface area (Å²) >= 11 is 0. The number of pyridine rings is 1. The van der Waals surface area contributed by atoms with E-state index in [0.29, 0.717) is 12.3 Å². The maximum absolute atomic E-state index is 12.8. The van der Waals surface area contributed by atoms with Crippen LogP contribution in [0, 0.1) is 0 Å². The summed E-state index contributed by atoms with van der Waals surface area (Å²) < 4.78 is 43.8. The van der Waals surface area contributed by atoms with Gasteiger partial charge >= 0.3 is 0 Å². The van der Waals surface area contributed by atoms with Crippen LogP contribution < -0.4 is 19.5 Å². The largest absolute Gasteiger partial charge is 0.495 e. The second-order valence-electron chi connectivity index (χ2n) is 7.37. The van der Waals surface area contributed by atoms with Crippen molar-refractivity contribution in [2.24, 2.45) is 0 Å². The van der Waals surface area contributed by atoms with Crippen LogP contribution in [0.2, 0.25) is 0 Å². The minimum absolute atomic E-state index is 0.129. The lowest BCUT2D eigenvalue weighted by atomic mass is 10.1. The summed E-state index contributed by atoms with van der Waals surface area (Å²) in [5, 5.41) is 2.69. The van der Waals surface area contributed by atoms with Crippen LogP contribution in [-0.4, -0.2) is 52.3 Å². The molecule has 0 unspecified atom stereocenters. The summed E-state index contributed by atoms with van der Waals surface area (Å²) in [5.41, 5.74) is -0.213. The summed E-state index contributed by atoms with van der Waals surface area (Å²) in [6, 6.07) is 7.47. The predicted octanol–water partition coefficient (Wildman–Crippen LogP) is 2.44. The van der Waals surface area contributed by atoms with Crippen molar-refractivity contribution in [3.8, 4) is 11.6 Å². The molecule has 0 aliphatic rings. The molecule has 0 atom stereocenters. The monoisotopic (exact) mass is 437 g/mol. The number of carbonyl (C=O) groups is 1. The first-order valence-corrected chi connectivity index (χ1v) is 10.7. The molecular formula is C20H27N3O6S. The number of anilines is 1. The smallest absolute Gasteiger partial charge is 0.255 e. The van der Waals surface area contributed by atoms with Gasteiger partial charge in [-0.3, -0.25) is 4.79 Å². The molecule has 2 N–H and O–H groups in total. The maximum Gasteiger partial charge on any atom is 0.255 e. The van der Waals surface area contributed by atoms with Gasteiger partial charge in [-0.15, -0.1) is 0 Å². The lowest BCUT2D eigenvalue weighted by Gasteiger charge is -2.21. The number of sulfonamides is 1. The molecule has 30 heavy (non-hydrogen) atoms. The Bertz CT molecular complexity index is 986. The minimum atomic E-state index is -3.92. The zero-order valence-electron chi connectivity index (χ0n) is 17.7. The van der Waals surface area contributed by atoms with Gasteiger partial charge in [0.25, 0.3) is 5.91 Å². The van der Waals surface area contributed by atoms with Gasteiger partial charge in [-0.25, -0.2) is 18.1 Å². The third-order valence-electron chi connectivity index (χ3n) is 3.70. The van der Waals surface area contributed by atoms with Crippen LogP contribution in [0.3, 0.4) is 0 Å². The first kappa shape index (κ1) is 23.6. The van der Waals surface area contributed by atoms with E-state index in [2.05, 4.69) is 15.0 Å².